The third-order valence-corrected chi connectivity index (χ3v) is 5.00. The van der Waals surface area contributed by atoms with E-state index >= 15 is 0 Å². The summed E-state index contributed by atoms with van der Waals surface area (Å²) in [4.78, 5) is 4.19. The van der Waals surface area contributed by atoms with Crippen LogP contribution in [0, 0.1) is 0 Å². The number of sulfone groups is 1. The predicted octanol–water partition coefficient (Wildman–Crippen LogP) is 1.19. The summed E-state index contributed by atoms with van der Waals surface area (Å²) >= 11 is 0. The van der Waals surface area contributed by atoms with Crippen LogP contribution in [0.4, 0.5) is 0 Å². The zero-order valence-corrected chi connectivity index (χ0v) is 11.4. The average Bonchev–Trinajstić information content (AvgIpc) is 2.77. The summed E-state index contributed by atoms with van der Waals surface area (Å²) in [7, 11) is -3.21. The second-order valence-electron chi connectivity index (χ2n) is 4.97. The van der Waals surface area contributed by atoms with Crippen LogP contribution in [0.2, 0.25) is 0 Å². The number of rotatable bonds is 3. The molecule has 1 fully saturated rings. The Morgan fingerprint density at radius 3 is 2.50 bits per heavy atom. The van der Waals surface area contributed by atoms with Gasteiger partial charge < -0.3 is 9.63 Å². The van der Waals surface area contributed by atoms with E-state index in [1.165, 1.54) is 0 Å². The van der Waals surface area contributed by atoms with E-state index in [1.54, 1.807) is 6.92 Å². The molecule has 1 aliphatic carbocycles. The van der Waals surface area contributed by atoms with E-state index in [1.807, 2.05) is 0 Å². The van der Waals surface area contributed by atoms with E-state index in [2.05, 4.69) is 10.1 Å². The summed E-state index contributed by atoms with van der Waals surface area (Å²) in [6.45, 7) is 1.55. The highest BCUT2D eigenvalue weighted by molar-refractivity contribution is 7.90. The van der Waals surface area contributed by atoms with Crippen LogP contribution in [-0.2, 0) is 9.84 Å². The molecule has 0 aliphatic heterocycles. The maximum Gasteiger partial charge on any atom is 0.229 e. The van der Waals surface area contributed by atoms with Crippen molar-refractivity contribution in [2.75, 3.05) is 6.26 Å². The van der Waals surface area contributed by atoms with Crippen molar-refractivity contribution in [2.45, 2.75) is 49.9 Å². The summed E-state index contributed by atoms with van der Waals surface area (Å²) in [5.41, 5.74) is 0. The minimum Gasteiger partial charge on any atom is -0.393 e. The molecular formula is C11H18N2O4S. The van der Waals surface area contributed by atoms with Crippen molar-refractivity contribution in [3.05, 3.63) is 11.7 Å². The SMILES string of the molecule is CC(c1noc(C2CCC(O)CC2)n1)S(C)(=O)=O. The first-order valence-electron chi connectivity index (χ1n) is 6.08. The number of hydrogen-bond acceptors (Lipinski definition) is 6. The van der Waals surface area contributed by atoms with Gasteiger partial charge in [-0.1, -0.05) is 5.16 Å². The number of aliphatic hydroxyl groups is 1. The van der Waals surface area contributed by atoms with Crippen LogP contribution in [0.5, 0.6) is 0 Å². The van der Waals surface area contributed by atoms with Crippen molar-refractivity contribution in [3.8, 4) is 0 Å². The lowest BCUT2D eigenvalue weighted by Crippen LogP contribution is -2.17. The monoisotopic (exact) mass is 274 g/mol. The van der Waals surface area contributed by atoms with Gasteiger partial charge in [0.1, 0.15) is 5.25 Å². The number of aliphatic hydroxyl groups excluding tert-OH is 1. The molecule has 18 heavy (non-hydrogen) atoms. The van der Waals surface area contributed by atoms with Crippen LogP contribution >= 0.6 is 0 Å². The van der Waals surface area contributed by atoms with Gasteiger partial charge in [-0.05, 0) is 32.6 Å². The first-order chi connectivity index (χ1) is 8.38. The van der Waals surface area contributed by atoms with Gasteiger partial charge in [-0.15, -0.1) is 0 Å². The normalized spacial score (nSPS) is 27.1. The second-order valence-corrected chi connectivity index (χ2v) is 7.33. The van der Waals surface area contributed by atoms with E-state index in [0.717, 1.165) is 31.9 Å². The standard InChI is InChI=1S/C11H18N2O4S/c1-7(18(2,15)16)10-12-11(17-13-10)8-3-5-9(14)6-4-8/h7-9,14H,3-6H2,1-2H3. The van der Waals surface area contributed by atoms with Crippen LogP contribution in [-0.4, -0.2) is 36.0 Å². The highest BCUT2D eigenvalue weighted by atomic mass is 32.2. The van der Waals surface area contributed by atoms with E-state index in [0.29, 0.717) is 5.89 Å². The Bertz CT molecular complexity index is 503. The largest absolute Gasteiger partial charge is 0.393 e. The van der Waals surface area contributed by atoms with Gasteiger partial charge in [-0.3, -0.25) is 0 Å². The van der Waals surface area contributed by atoms with Crippen molar-refractivity contribution >= 4 is 9.84 Å². The molecule has 1 aromatic rings. The Balaban J connectivity index is 2.11. The Hall–Kier alpha value is -0.950. The van der Waals surface area contributed by atoms with Crippen molar-refractivity contribution in [1.82, 2.24) is 10.1 Å². The van der Waals surface area contributed by atoms with Gasteiger partial charge in [0.2, 0.25) is 5.89 Å². The van der Waals surface area contributed by atoms with Crippen LogP contribution in [0.3, 0.4) is 0 Å². The molecule has 1 atom stereocenters. The van der Waals surface area contributed by atoms with Crippen LogP contribution in [0.25, 0.3) is 0 Å². The van der Waals surface area contributed by atoms with E-state index in [9.17, 15) is 13.5 Å². The highest BCUT2D eigenvalue weighted by Gasteiger charge is 2.28. The molecule has 6 nitrogen and oxygen atoms in total. The van der Waals surface area contributed by atoms with Crippen LogP contribution < -0.4 is 0 Å². The molecule has 1 saturated carbocycles. The van der Waals surface area contributed by atoms with Gasteiger partial charge in [0.05, 0.1) is 6.10 Å². The lowest BCUT2D eigenvalue weighted by atomic mass is 9.87. The lowest BCUT2D eigenvalue weighted by Gasteiger charge is -2.22. The summed E-state index contributed by atoms with van der Waals surface area (Å²) in [6.07, 6.45) is 3.98. The molecule has 0 radical (unpaired) electrons. The van der Waals surface area contributed by atoms with E-state index < -0.39 is 15.1 Å². The second kappa shape index (κ2) is 4.97. The molecule has 2 rings (SSSR count). The van der Waals surface area contributed by atoms with E-state index in [-0.39, 0.29) is 17.8 Å². The maximum absolute atomic E-state index is 11.4. The molecule has 0 spiro atoms. The van der Waals surface area contributed by atoms with Crippen LogP contribution in [0.1, 0.15) is 55.5 Å². The zero-order valence-electron chi connectivity index (χ0n) is 10.5. The fourth-order valence-electron chi connectivity index (χ4n) is 2.09. The molecule has 0 aromatic carbocycles. The smallest absolute Gasteiger partial charge is 0.229 e. The minimum atomic E-state index is -3.21. The maximum atomic E-state index is 11.4. The molecule has 1 unspecified atom stereocenters. The quantitative estimate of drug-likeness (QED) is 0.890. The van der Waals surface area contributed by atoms with Crippen molar-refractivity contribution < 1.29 is 18.0 Å². The van der Waals surface area contributed by atoms with Crippen molar-refractivity contribution in [3.63, 3.8) is 0 Å². The number of aromatic nitrogens is 2. The molecule has 1 aliphatic rings. The Kier molecular flexibility index (Phi) is 3.72. The fraction of sp³-hybridized carbons (Fsp3) is 0.818. The summed E-state index contributed by atoms with van der Waals surface area (Å²) in [6, 6.07) is 0. The number of nitrogens with zero attached hydrogens (tertiary/aromatic N) is 2. The number of hydrogen-bond donors (Lipinski definition) is 1. The Morgan fingerprint density at radius 1 is 1.33 bits per heavy atom. The summed E-state index contributed by atoms with van der Waals surface area (Å²) in [5.74, 6) is 0.854. The minimum absolute atomic E-state index is 0.140. The summed E-state index contributed by atoms with van der Waals surface area (Å²) in [5, 5.41) is 12.4. The molecule has 0 bridgehead atoms. The first-order valence-corrected chi connectivity index (χ1v) is 8.04. The summed E-state index contributed by atoms with van der Waals surface area (Å²) < 4.78 is 28.0. The van der Waals surface area contributed by atoms with Gasteiger partial charge in [-0.2, -0.15) is 4.98 Å². The Morgan fingerprint density at radius 2 is 1.94 bits per heavy atom. The van der Waals surface area contributed by atoms with Gasteiger partial charge in [0.25, 0.3) is 0 Å². The zero-order chi connectivity index (χ0) is 13.3. The molecule has 1 heterocycles. The molecule has 1 aromatic heterocycles. The molecule has 0 saturated heterocycles. The third kappa shape index (κ3) is 2.89. The van der Waals surface area contributed by atoms with Crippen molar-refractivity contribution in [2.24, 2.45) is 0 Å². The molecule has 0 amide bonds. The Labute approximate surface area is 106 Å². The molecular weight excluding hydrogens is 256 g/mol. The van der Waals surface area contributed by atoms with Gasteiger partial charge in [0.15, 0.2) is 15.7 Å². The average molecular weight is 274 g/mol. The third-order valence-electron chi connectivity index (χ3n) is 3.51. The van der Waals surface area contributed by atoms with Gasteiger partial charge in [-0.25, -0.2) is 8.42 Å². The fourth-order valence-corrected chi connectivity index (χ4v) is 2.57. The van der Waals surface area contributed by atoms with E-state index in [4.69, 9.17) is 4.52 Å². The predicted molar refractivity (Wildman–Crippen MR) is 64.8 cm³/mol. The first kappa shape index (κ1) is 13.5. The van der Waals surface area contributed by atoms with Gasteiger partial charge >= 0.3 is 0 Å². The van der Waals surface area contributed by atoms with Crippen molar-refractivity contribution in [1.29, 1.82) is 0 Å². The highest BCUT2D eigenvalue weighted by Crippen LogP contribution is 2.32. The lowest BCUT2D eigenvalue weighted by molar-refractivity contribution is 0.116. The molecule has 1 N–H and O–H groups in total. The topological polar surface area (TPSA) is 93.3 Å². The van der Waals surface area contributed by atoms with Gasteiger partial charge in [0, 0.05) is 12.2 Å². The molecule has 102 valence electrons. The molecule has 7 heteroatoms. The van der Waals surface area contributed by atoms with Crippen LogP contribution in [0.15, 0.2) is 4.52 Å².